The van der Waals surface area contributed by atoms with Crippen molar-refractivity contribution in [1.82, 2.24) is 4.90 Å². The Bertz CT molecular complexity index is 494. The molecule has 106 valence electrons. The number of hydrogen-bond acceptors (Lipinski definition) is 3. The van der Waals surface area contributed by atoms with Crippen molar-refractivity contribution in [3.8, 4) is 6.07 Å². The van der Waals surface area contributed by atoms with Crippen LogP contribution in [0.4, 0.5) is 0 Å². The van der Waals surface area contributed by atoms with E-state index in [0.29, 0.717) is 5.92 Å². The molecule has 1 aromatic rings. The summed E-state index contributed by atoms with van der Waals surface area (Å²) in [5.74, 6) is 0.103. The van der Waals surface area contributed by atoms with E-state index in [1.165, 1.54) is 5.56 Å². The summed E-state index contributed by atoms with van der Waals surface area (Å²) in [7, 11) is 1.88. The molecule has 2 N–H and O–H groups in total. The average Bonchev–Trinajstić information content (AvgIpc) is 2.46. The second-order valence-electron chi connectivity index (χ2n) is 5.61. The molecule has 1 aliphatic carbocycles. The van der Waals surface area contributed by atoms with Gasteiger partial charge in [0.15, 0.2) is 0 Å². The number of carbonyl (C=O) groups is 1. The van der Waals surface area contributed by atoms with Gasteiger partial charge in [-0.25, -0.2) is 0 Å². The van der Waals surface area contributed by atoms with Crippen LogP contribution in [0.15, 0.2) is 30.3 Å². The Morgan fingerprint density at radius 2 is 2.10 bits per heavy atom. The molecule has 20 heavy (non-hydrogen) atoms. The number of amides is 1. The molecule has 1 fully saturated rings. The Morgan fingerprint density at radius 1 is 1.40 bits per heavy atom. The van der Waals surface area contributed by atoms with E-state index < -0.39 is 0 Å². The zero-order chi connectivity index (χ0) is 14.5. The minimum atomic E-state index is -0.342. The number of nitriles is 1. The molecular weight excluding hydrogens is 250 g/mol. The summed E-state index contributed by atoms with van der Waals surface area (Å²) in [6, 6.07) is 12.9. The molecule has 1 aliphatic rings. The lowest BCUT2D eigenvalue weighted by Crippen LogP contribution is -2.45. The maximum absolute atomic E-state index is 11.1. The number of likely N-dealkylation sites (N-methyl/N-ethyl adjacent to an activating group) is 1. The first-order valence-corrected chi connectivity index (χ1v) is 7.05. The Kier molecular flexibility index (Phi) is 4.75. The zero-order valence-electron chi connectivity index (χ0n) is 11.8. The quantitative estimate of drug-likeness (QED) is 0.909. The maximum Gasteiger partial charge on any atom is 0.231 e. The van der Waals surface area contributed by atoms with E-state index in [2.05, 4.69) is 18.2 Å². The third-order valence-electron chi connectivity index (χ3n) is 4.22. The van der Waals surface area contributed by atoms with Crippen LogP contribution in [0.3, 0.4) is 0 Å². The van der Waals surface area contributed by atoms with Gasteiger partial charge in [-0.15, -0.1) is 0 Å². The third kappa shape index (κ3) is 3.37. The summed E-state index contributed by atoms with van der Waals surface area (Å²) in [5, 5.41) is 9.31. The van der Waals surface area contributed by atoms with E-state index >= 15 is 0 Å². The fourth-order valence-electron chi connectivity index (χ4n) is 3.18. The molecule has 1 amide bonds. The number of nitrogens with zero attached hydrogens (tertiary/aromatic N) is 2. The van der Waals surface area contributed by atoms with Crippen molar-refractivity contribution in [1.29, 1.82) is 5.26 Å². The van der Waals surface area contributed by atoms with E-state index in [0.717, 1.165) is 19.3 Å². The van der Waals surface area contributed by atoms with Gasteiger partial charge in [-0.3, -0.25) is 9.69 Å². The van der Waals surface area contributed by atoms with Crippen LogP contribution >= 0.6 is 0 Å². The molecule has 4 nitrogen and oxygen atoms in total. The first kappa shape index (κ1) is 14.5. The van der Waals surface area contributed by atoms with Crippen LogP contribution < -0.4 is 5.73 Å². The molecule has 1 saturated carbocycles. The molecule has 2 rings (SSSR count). The van der Waals surface area contributed by atoms with Crippen molar-refractivity contribution in [3.05, 3.63) is 35.9 Å². The van der Waals surface area contributed by atoms with Crippen molar-refractivity contribution < 1.29 is 4.79 Å². The van der Waals surface area contributed by atoms with Crippen molar-refractivity contribution in [2.75, 3.05) is 13.6 Å². The van der Waals surface area contributed by atoms with Gasteiger partial charge in [-0.05, 0) is 37.8 Å². The van der Waals surface area contributed by atoms with Crippen molar-refractivity contribution in [3.63, 3.8) is 0 Å². The topological polar surface area (TPSA) is 70.1 Å². The molecule has 3 atom stereocenters. The first-order chi connectivity index (χ1) is 9.61. The number of nitrogens with two attached hydrogens (primary N) is 1. The van der Waals surface area contributed by atoms with Gasteiger partial charge < -0.3 is 5.73 Å². The van der Waals surface area contributed by atoms with E-state index in [1.54, 1.807) is 0 Å². The average molecular weight is 271 g/mol. The Hall–Kier alpha value is -1.86. The van der Waals surface area contributed by atoms with E-state index in [9.17, 15) is 10.1 Å². The van der Waals surface area contributed by atoms with Gasteiger partial charge >= 0.3 is 0 Å². The molecule has 0 aromatic heterocycles. The summed E-state index contributed by atoms with van der Waals surface area (Å²) in [5.41, 5.74) is 6.59. The Labute approximate surface area is 120 Å². The first-order valence-electron chi connectivity index (χ1n) is 7.05. The molecule has 1 aromatic carbocycles. The highest BCUT2D eigenvalue weighted by Crippen LogP contribution is 2.37. The van der Waals surface area contributed by atoms with Gasteiger partial charge in [0, 0.05) is 6.04 Å². The smallest absolute Gasteiger partial charge is 0.231 e. The molecule has 0 bridgehead atoms. The van der Waals surface area contributed by atoms with Crippen LogP contribution in [0.25, 0.3) is 0 Å². The summed E-state index contributed by atoms with van der Waals surface area (Å²) >= 11 is 0. The summed E-state index contributed by atoms with van der Waals surface area (Å²) in [6.45, 7) is 0.213. The lowest BCUT2D eigenvalue weighted by Gasteiger charge is -2.38. The molecule has 4 heteroatoms. The Morgan fingerprint density at radius 3 is 2.70 bits per heavy atom. The standard InChI is InChI=1S/C16H21N3O/c1-19(11-16(18)20)15-9-13(7-8-14(15)10-17)12-5-3-2-4-6-12/h2-6,13-15H,7-9,11H2,1H3,(H2,18,20). The molecule has 3 unspecified atom stereocenters. The largest absolute Gasteiger partial charge is 0.369 e. The van der Waals surface area contributed by atoms with Gasteiger partial charge in [0.2, 0.25) is 5.91 Å². The number of carbonyl (C=O) groups excluding carboxylic acids is 1. The SMILES string of the molecule is CN(CC(N)=O)C1CC(c2ccccc2)CCC1C#N. The van der Waals surface area contributed by atoms with Crippen LogP contribution in [0, 0.1) is 17.2 Å². The second-order valence-corrected chi connectivity index (χ2v) is 5.61. The molecule has 0 radical (unpaired) electrons. The van der Waals surface area contributed by atoms with Gasteiger partial charge in [-0.1, -0.05) is 30.3 Å². The highest BCUT2D eigenvalue weighted by molar-refractivity contribution is 5.75. The number of benzene rings is 1. The number of hydrogen-bond donors (Lipinski definition) is 1. The summed E-state index contributed by atoms with van der Waals surface area (Å²) in [4.78, 5) is 13.0. The van der Waals surface area contributed by atoms with Crippen LogP contribution in [-0.2, 0) is 4.79 Å². The monoisotopic (exact) mass is 271 g/mol. The van der Waals surface area contributed by atoms with E-state index in [4.69, 9.17) is 5.73 Å². The highest BCUT2D eigenvalue weighted by Gasteiger charge is 2.34. The third-order valence-corrected chi connectivity index (χ3v) is 4.22. The summed E-state index contributed by atoms with van der Waals surface area (Å²) in [6.07, 6.45) is 2.82. The second kappa shape index (κ2) is 6.53. The Balaban J connectivity index is 2.11. The fourth-order valence-corrected chi connectivity index (χ4v) is 3.18. The minimum Gasteiger partial charge on any atom is -0.369 e. The lowest BCUT2D eigenvalue weighted by molar-refractivity contribution is -0.119. The predicted octanol–water partition coefficient (Wildman–Crippen LogP) is 1.88. The lowest BCUT2D eigenvalue weighted by atomic mass is 9.75. The normalized spacial score (nSPS) is 26.1. The predicted molar refractivity (Wildman–Crippen MR) is 77.7 cm³/mol. The van der Waals surface area contributed by atoms with Gasteiger partial charge in [0.05, 0.1) is 18.5 Å². The maximum atomic E-state index is 11.1. The van der Waals surface area contributed by atoms with Crippen molar-refractivity contribution in [2.45, 2.75) is 31.2 Å². The van der Waals surface area contributed by atoms with Gasteiger partial charge in [0.25, 0.3) is 0 Å². The molecule has 0 saturated heterocycles. The van der Waals surface area contributed by atoms with E-state index in [1.807, 2.05) is 30.1 Å². The van der Waals surface area contributed by atoms with Crippen LogP contribution in [0.1, 0.15) is 30.7 Å². The van der Waals surface area contributed by atoms with Gasteiger partial charge in [-0.2, -0.15) is 5.26 Å². The highest BCUT2D eigenvalue weighted by atomic mass is 16.1. The van der Waals surface area contributed by atoms with Crippen molar-refractivity contribution in [2.24, 2.45) is 11.7 Å². The van der Waals surface area contributed by atoms with E-state index in [-0.39, 0.29) is 24.4 Å². The van der Waals surface area contributed by atoms with Crippen LogP contribution in [0.5, 0.6) is 0 Å². The molecular formula is C16H21N3O. The van der Waals surface area contributed by atoms with Crippen LogP contribution in [0.2, 0.25) is 0 Å². The molecule has 0 heterocycles. The summed E-state index contributed by atoms with van der Waals surface area (Å²) < 4.78 is 0. The number of primary amides is 1. The van der Waals surface area contributed by atoms with Crippen LogP contribution in [-0.4, -0.2) is 30.4 Å². The molecule has 0 spiro atoms. The molecule has 0 aliphatic heterocycles. The van der Waals surface area contributed by atoms with Crippen molar-refractivity contribution >= 4 is 5.91 Å². The zero-order valence-corrected chi connectivity index (χ0v) is 11.8. The fraction of sp³-hybridized carbons (Fsp3) is 0.500. The van der Waals surface area contributed by atoms with Gasteiger partial charge in [0.1, 0.15) is 0 Å². The minimum absolute atomic E-state index is 0.0145. The number of rotatable bonds is 4.